The van der Waals surface area contributed by atoms with Crippen LogP contribution in [-0.2, 0) is 0 Å². The van der Waals surface area contributed by atoms with Crippen LogP contribution in [-0.4, -0.2) is 19.4 Å². The molecule has 0 atom stereocenters. The van der Waals surface area contributed by atoms with E-state index in [-0.39, 0.29) is 0 Å². The molecule has 0 spiro atoms. The Kier molecular flexibility index (Phi) is 2.53. The van der Waals surface area contributed by atoms with E-state index in [0.717, 1.165) is 10.8 Å². The number of benzene rings is 1. The van der Waals surface area contributed by atoms with Crippen molar-refractivity contribution in [2.45, 2.75) is 0 Å². The molecular formula is C9H6N4O4. The average molecular weight is 234 g/mol. The molecule has 1 aromatic heterocycles. The summed E-state index contributed by atoms with van der Waals surface area (Å²) < 4.78 is 0.889. The van der Waals surface area contributed by atoms with Crippen molar-refractivity contribution in [1.29, 1.82) is 0 Å². The summed E-state index contributed by atoms with van der Waals surface area (Å²) in [7, 11) is 0. The Hall–Kier alpha value is -2.77. The maximum absolute atomic E-state index is 10.8. The number of imidazole rings is 1. The van der Waals surface area contributed by atoms with Gasteiger partial charge >= 0.3 is 11.8 Å². The predicted octanol–water partition coefficient (Wildman–Crippen LogP) is 1.69. The molecule has 0 N–H and O–H groups in total. The number of hydrogen-bond acceptors (Lipinski definition) is 5. The maximum Gasteiger partial charge on any atom is 0.443 e. The molecule has 1 aromatic carbocycles. The first-order valence-corrected chi connectivity index (χ1v) is 4.53. The molecule has 17 heavy (non-hydrogen) atoms. The van der Waals surface area contributed by atoms with E-state index in [1.807, 2.05) is 0 Å². The molecule has 0 saturated heterocycles. The summed E-state index contributed by atoms with van der Waals surface area (Å²) in [6, 6.07) is 8.02. The molecular weight excluding hydrogens is 228 g/mol. The number of nitrogens with zero attached hydrogens (tertiary/aromatic N) is 4. The standard InChI is InChI=1S/C9H6N4O4/c14-12(15)8-6-10-9(13(16)17)11(8)7-4-2-1-3-5-7/h1-6H. The second-order valence-corrected chi connectivity index (χ2v) is 3.10. The van der Waals surface area contributed by atoms with Crippen molar-refractivity contribution in [2.24, 2.45) is 0 Å². The Morgan fingerprint density at radius 1 is 1.06 bits per heavy atom. The smallest absolute Gasteiger partial charge is 0.390 e. The van der Waals surface area contributed by atoms with Gasteiger partial charge in [0.25, 0.3) is 0 Å². The van der Waals surface area contributed by atoms with Crippen LogP contribution in [0.1, 0.15) is 0 Å². The molecule has 0 radical (unpaired) electrons. The summed E-state index contributed by atoms with van der Waals surface area (Å²) in [4.78, 5) is 23.4. The van der Waals surface area contributed by atoms with E-state index in [0.29, 0.717) is 5.69 Å². The van der Waals surface area contributed by atoms with Crippen molar-refractivity contribution >= 4 is 11.8 Å². The van der Waals surface area contributed by atoms with E-state index in [2.05, 4.69) is 4.98 Å². The maximum atomic E-state index is 10.8. The summed E-state index contributed by atoms with van der Waals surface area (Å²) in [6.45, 7) is 0. The molecule has 0 unspecified atom stereocenters. The van der Waals surface area contributed by atoms with Gasteiger partial charge in [-0.15, -0.1) is 0 Å². The molecule has 86 valence electrons. The number of nitro groups is 2. The zero-order valence-corrected chi connectivity index (χ0v) is 8.39. The van der Waals surface area contributed by atoms with Crippen LogP contribution in [0.4, 0.5) is 11.8 Å². The van der Waals surface area contributed by atoms with Gasteiger partial charge in [-0.25, -0.2) is 0 Å². The van der Waals surface area contributed by atoms with Gasteiger partial charge in [0.05, 0.1) is 0 Å². The Labute approximate surface area is 94.4 Å². The van der Waals surface area contributed by atoms with Crippen LogP contribution in [0.3, 0.4) is 0 Å². The number of aromatic nitrogens is 2. The highest BCUT2D eigenvalue weighted by atomic mass is 16.6. The molecule has 2 aromatic rings. The van der Waals surface area contributed by atoms with E-state index in [1.54, 1.807) is 18.2 Å². The van der Waals surface area contributed by atoms with Crippen molar-refractivity contribution in [3.63, 3.8) is 0 Å². The SMILES string of the molecule is O=[N+]([O-])c1cnc([N+](=O)[O-])n1-c1ccccc1. The number of hydrogen-bond donors (Lipinski definition) is 0. The molecule has 8 heteroatoms. The van der Waals surface area contributed by atoms with Crippen molar-refractivity contribution in [3.8, 4) is 5.69 Å². The van der Waals surface area contributed by atoms with Crippen molar-refractivity contribution in [2.75, 3.05) is 0 Å². The topological polar surface area (TPSA) is 104 Å². The van der Waals surface area contributed by atoms with Gasteiger partial charge in [0.1, 0.15) is 5.69 Å². The zero-order chi connectivity index (χ0) is 12.4. The lowest BCUT2D eigenvalue weighted by Gasteiger charge is -2.02. The fourth-order valence-corrected chi connectivity index (χ4v) is 1.42. The Morgan fingerprint density at radius 2 is 1.71 bits per heavy atom. The Balaban J connectivity index is 2.69. The molecule has 0 aliphatic heterocycles. The summed E-state index contributed by atoms with van der Waals surface area (Å²) in [5.74, 6) is -1.02. The first kappa shape index (κ1) is 10.7. The Morgan fingerprint density at radius 3 is 2.24 bits per heavy atom. The quantitative estimate of drug-likeness (QED) is 0.593. The van der Waals surface area contributed by atoms with E-state index in [4.69, 9.17) is 0 Å². The minimum Gasteiger partial charge on any atom is -0.390 e. The summed E-state index contributed by atoms with van der Waals surface area (Å²) in [5, 5.41) is 21.5. The van der Waals surface area contributed by atoms with E-state index in [1.165, 1.54) is 12.1 Å². The molecule has 1 heterocycles. The molecule has 0 saturated carbocycles. The van der Waals surface area contributed by atoms with Crippen LogP contribution >= 0.6 is 0 Å². The first-order valence-electron chi connectivity index (χ1n) is 4.53. The molecule has 0 bridgehead atoms. The minimum atomic E-state index is -0.764. The zero-order valence-electron chi connectivity index (χ0n) is 8.39. The highest BCUT2D eigenvalue weighted by Gasteiger charge is 2.26. The highest BCUT2D eigenvalue weighted by Crippen LogP contribution is 2.24. The van der Waals surface area contributed by atoms with Gasteiger partial charge in [-0.05, 0) is 22.0 Å². The lowest BCUT2D eigenvalue weighted by atomic mass is 10.3. The monoisotopic (exact) mass is 234 g/mol. The third kappa shape index (κ3) is 1.83. The first-order chi connectivity index (χ1) is 8.11. The van der Waals surface area contributed by atoms with Gasteiger partial charge in [-0.2, -0.15) is 4.57 Å². The van der Waals surface area contributed by atoms with Gasteiger partial charge in [0.2, 0.25) is 0 Å². The average Bonchev–Trinajstić information content (AvgIpc) is 2.74. The lowest BCUT2D eigenvalue weighted by molar-refractivity contribution is -0.405. The molecule has 0 aliphatic rings. The van der Waals surface area contributed by atoms with Gasteiger partial charge in [-0.1, -0.05) is 23.2 Å². The highest BCUT2D eigenvalue weighted by molar-refractivity contribution is 5.43. The molecule has 2 rings (SSSR count). The summed E-state index contributed by atoms with van der Waals surface area (Å²) in [5.41, 5.74) is 0.323. The molecule has 0 fully saturated rings. The molecule has 8 nitrogen and oxygen atoms in total. The van der Waals surface area contributed by atoms with Crippen molar-refractivity contribution in [1.82, 2.24) is 9.55 Å². The largest absolute Gasteiger partial charge is 0.443 e. The van der Waals surface area contributed by atoms with Gasteiger partial charge in [0.15, 0.2) is 6.20 Å². The van der Waals surface area contributed by atoms with Crippen molar-refractivity contribution in [3.05, 3.63) is 56.8 Å². The van der Waals surface area contributed by atoms with Crippen LogP contribution in [0.25, 0.3) is 5.69 Å². The van der Waals surface area contributed by atoms with E-state index < -0.39 is 21.6 Å². The third-order valence-corrected chi connectivity index (χ3v) is 2.09. The van der Waals surface area contributed by atoms with Crippen molar-refractivity contribution < 1.29 is 9.85 Å². The number of rotatable bonds is 3. The molecule has 0 amide bonds. The summed E-state index contributed by atoms with van der Waals surface area (Å²) >= 11 is 0. The van der Waals surface area contributed by atoms with E-state index in [9.17, 15) is 20.2 Å². The summed E-state index contributed by atoms with van der Waals surface area (Å²) in [6.07, 6.45) is 0.866. The fraction of sp³-hybridized carbons (Fsp3) is 0. The number of para-hydroxylation sites is 1. The van der Waals surface area contributed by atoms with Crippen LogP contribution in [0, 0.1) is 20.2 Å². The van der Waals surface area contributed by atoms with E-state index >= 15 is 0 Å². The fourth-order valence-electron chi connectivity index (χ4n) is 1.42. The third-order valence-electron chi connectivity index (χ3n) is 2.09. The normalized spacial score (nSPS) is 10.1. The molecule has 0 aliphatic carbocycles. The van der Waals surface area contributed by atoms with Crippen LogP contribution in [0.2, 0.25) is 0 Å². The van der Waals surface area contributed by atoms with Gasteiger partial charge in [0, 0.05) is 0 Å². The van der Waals surface area contributed by atoms with Crippen LogP contribution in [0.15, 0.2) is 36.5 Å². The second kappa shape index (κ2) is 4.00. The van der Waals surface area contributed by atoms with Crippen LogP contribution < -0.4 is 0 Å². The second-order valence-electron chi connectivity index (χ2n) is 3.10. The Bertz CT molecular complexity index is 546. The van der Waals surface area contributed by atoms with Gasteiger partial charge < -0.3 is 20.2 Å². The predicted molar refractivity (Wildman–Crippen MR) is 56.9 cm³/mol. The van der Waals surface area contributed by atoms with Crippen LogP contribution in [0.5, 0.6) is 0 Å². The lowest BCUT2D eigenvalue weighted by Crippen LogP contribution is -2.04. The van der Waals surface area contributed by atoms with Gasteiger partial charge in [-0.3, -0.25) is 0 Å². The minimum absolute atomic E-state index is 0.323.